The molecule has 0 radical (unpaired) electrons. The molecule has 0 heterocycles. The minimum atomic E-state index is -0.0138. The highest BCUT2D eigenvalue weighted by Crippen LogP contribution is 2.25. The summed E-state index contributed by atoms with van der Waals surface area (Å²) in [6.45, 7) is 16.5. The molecular formula is C55H108N2O5. The number of hydrogen-bond acceptors (Lipinski definition) is 6. The molecule has 7 heteroatoms. The smallest absolute Gasteiger partial charge is 0.305 e. The Bertz CT molecular complexity index is 996. The molecule has 3 unspecified atom stereocenters. The van der Waals surface area contributed by atoms with Crippen LogP contribution in [0.3, 0.4) is 0 Å². The first kappa shape index (κ1) is 60.4. The molecule has 0 spiro atoms. The number of amides is 1. The Hall–Kier alpha value is -1.63. The van der Waals surface area contributed by atoms with Crippen LogP contribution in [0.2, 0.25) is 0 Å². The largest absolute Gasteiger partial charge is 0.465 e. The van der Waals surface area contributed by atoms with Gasteiger partial charge in [-0.2, -0.15) is 0 Å². The first-order chi connectivity index (χ1) is 30.2. The van der Waals surface area contributed by atoms with Gasteiger partial charge in [0.25, 0.3) is 0 Å². The van der Waals surface area contributed by atoms with Gasteiger partial charge in [0.15, 0.2) is 0 Å². The van der Waals surface area contributed by atoms with E-state index in [0.29, 0.717) is 49.8 Å². The van der Waals surface area contributed by atoms with Crippen molar-refractivity contribution >= 4 is 17.8 Å². The molecule has 3 atom stereocenters. The first-order valence-corrected chi connectivity index (χ1v) is 27.4. The Balaban J connectivity index is 5.06. The molecule has 0 N–H and O–H groups in total. The summed E-state index contributed by atoms with van der Waals surface area (Å²) in [6.07, 6.45) is 40.1. The lowest BCUT2D eigenvalue weighted by Crippen LogP contribution is -2.44. The maximum atomic E-state index is 14.3. The number of hydrogen-bond donors (Lipinski definition) is 0. The van der Waals surface area contributed by atoms with Gasteiger partial charge in [-0.1, -0.05) is 183 Å². The van der Waals surface area contributed by atoms with E-state index in [2.05, 4.69) is 65.4 Å². The van der Waals surface area contributed by atoms with Crippen molar-refractivity contribution in [2.24, 2.45) is 17.8 Å². The number of nitrogens with zero attached hydrogens (tertiary/aromatic N) is 2. The van der Waals surface area contributed by atoms with Crippen molar-refractivity contribution < 1.29 is 23.9 Å². The lowest BCUT2D eigenvalue weighted by molar-refractivity contribution is -0.146. The van der Waals surface area contributed by atoms with E-state index < -0.39 is 0 Å². The Labute approximate surface area is 387 Å². The van der Waals surface area contributed by atoms with Gasteiger partial charge in [0.05, 0.1) is 13.2 Å². The van der Waals surface area contributed by atoms with Crippen LogP contribution in [0.1, 0.15) is 273 Å². The molecule has 0 saturated heterocycles. The van der Waals surface area contributed by atoms with Crippen LogP contribution in [0.15, 0.2) is 0 Å². The Kier molecular flexibility index (Phi) is 43.4. The van der Waals surface area contributed by atoms with E-state index >= 15 is 0 Å². The molecule has 0 aromatic heterocycles. The summed E-state index contributed by atoms with van der Waals surface area (Å²) < 4.78 is 11.5. The molecule has 0 fully saturated rings. The van der Waals surface area contributed by atoms with Gasteiger partial charge in [-0.25, -0.2) is 0 Å². The minimum Gasteiger partial charge on any atom is -0.465 e. The maximum Gasteiger partial charge on any atom is 0.305 e. The lowest BCUT2D eigenvalue weighted by Gasteiger charge is -2.35. The van der Waals surface area contributed by atoms with Gasteiger partial charge >= 0.3 is 11.9 Å². The van der Waals surface area contributed by atoms with Crippen molar-refractivity contribution in [3.63, 3.8) is 0 Å². The van der Waals surface area contributed by atoms with Crippen LogP contribution in [0.4, 0.5) is 0 Å². The summed E-state index contributed by atoms with van der Waals surface area (Å²) >= 11 is 0. The van der Waals surface area contributed by atoms with Crippen LogP contribution in [-0.4, -0.2) is 74.1 Å². The summed E-state index contributed by atoms with van der Waals surface area (Å²) in [6, 6.07) is 0.313. The topological polar surface area (TPSA) is 76.2 Å². The van der Waals surface area contributed by atoms with Crippen molar-refractivity contribution in [1.29, 1.82) is 0 Å². The van der Waals surface area contributed by atoms with Crippen molar-refractivity contribution in [2.45, 2.75) is 279 Å². The first-order valence-electron chi connectivity index (χ1n) is 27.4. The van der Waals surface area contributed by atoms with Crippen LogP contribution in [0.5, 0.6) is 0 Å². The molecule has 0 rings (SSSR count). The third-order valence-corrected chi connectivity index (χ3v) is 13.4. The Morgan fingerprint density at radius 3 is 1.21 bits per heavy atom. The summed E-state index contributed by atoms with van der Waals surface area (Å²) in [7, 11) is 4.28. The molecule has 368 valence electrons. The highest BCUT2D eigenvalue weighted by Gasteiger charge is 2.28. The van der Waals surface area contributed by atoms with Gasteiger partial charge < -0.3 is 19.3 Å². The maximum absolute atomic E-state index is 14.3. The van der Waals surface area contributed by atoms with E-state index in [-0.39, 0.29) is 17.9 Å². The standard InChI is InChI=1S/C55H108N2O5/c1-9-15-20-29-39-50(38-18-12-4)48-62-54(59)44-33-28-24-22-26-31-42-52(57(46-35-34-45-56(7)8)55(60)51(14-6)40-19-13-5)41-30-25-21-23-27-32-43-53(58)61-47-49(36-16-10-2)37-17-11-3/h49-52H,9-48H2,1-8H3. The van der Waals surface area contributed by atoms with Gasteiger partial charge in [-0.15, -0.1) is 0 Å². The molecule has 0 saturated carbocycles. The zero-order valence-electron chi connectivity index (χ0n) is 43.0. The van der Waals surface area contributed by atoms with Crippen LogP contribution in [0, 0.1) is 17.8 Å². The summed E-state index contributed by atoms with van der Waals surface area (Å²) in [4.78, 5) is 44.0. The second kappa shape index (κ2) is 44.6. The Morgan fingerprint density at radius 2 is 0.774 bits per heavy atom. The van der Waals surface area contributed by atoms with Gasteiger partial charge in [-0.3, -0.25) is 14.4 Å². The van der Waals surface area contributed by atoms with Gasteiger partial charge in [-0.05, 0) is 110 Å². The monoisotopic (exact) mass is 877 g/mol. The average molecular weight is 877 g/mol. The fourth-order valence-corrected chi connectivity index (χ4v) is 9.07. The molecule has 0 aromatic carbocycles. The second-order valence-corrected chi connectivity index (χ2v) is 19.6. The number of carbonyl (C=O) groups excluding carboxylic acids is 3. The van der Waals surface area contributed by atoms with Gasteiger partial charge in [0, 0.05) is 31.3 Å². The third-order valence-electron chi connectivity index (χ3n) is 13.4. The van der Waals surface area contributed by atoms with E-state index in [4.69, 9.17) is 9.47 Å². The molecule has 0 aliphatic heterocycles. The average Bonchev–Trinajstić information content (AvgIpc) is 3.26. The van der Waals surface area contributed by atoms with E-state index in [1.807, 2.05) is 0 Å². The molecule has 0 aliphatic rings. The van der Waals surface area contributed by atoms with E-state index in [1.54, 1.807) is 0 Å². The van der Waals surface area contributed by atoms with Crippen molar-refractivity contribution in [3.8, 4) is 0 Å². The van der Waals surface area contributed by atoms with Crippen molar-refractivity contribution in [3.05, 3.63) is 0 Å². The highest BCUT2D eigenvalue weighted by atomic mass is 16.5. The highest BCUT2D eigenvalue weighted by molar-refractivity contribution is 5.79. The van der Waals surface area contributed by atoms with Crippen LogP contribution >= 0.6 is 0 Å². The van der Waals surface area contributed by atoms with Gasteiger partial charge in [0.1, 0.15) is 0 Å². The molecule has 7 nitrogen and oxygen atoms in total. The third kappa shape index (κ3) is 35.7. The summed E-state index contributed by atoms with van der Waals surface area (Å²) in [5.74, 6) is 1.57. The number of ether oxygens (including phenoxy) is 2. The minimum absolute atomic E-state index is 0.00784. The van der Waals surface area contributed by atoms with E-state index in [1.165, 1.54) is 116 Å². The number of esters is 2. The molecule has 0 bridgehead atoms. The fraction of sp³-hybridized carbons (Fsp3) is 0.945. The summed E-state index contributed by atoms with van der Waals surface area (Å²) in [5, 5.41) is 0. The predicted octanol–water partition coefficient (Wildman–Crippen LogP) is 15.8. The van der Waals surface area contributed by atoms with E-state index in [0.717, 1.165) is 116 Å². The Morgan fingerprint density at radius 1 is 0.403 bits per heavy atom. The van der Waals surface area contributed by atoms with Crippen LogP contribution in [-0.2, 0) is 23.9 Å². The predicted molar refractivity (Wildman–Crippen MR) is 267 cm³/mol. The van der Waals surface area contributed by atoms with Crippen molar-refractivity contribution in [1.82, 2.24) is 9.80 Å². The molecular weight excluding hydrogens is 769 g/mol. The van der Waals surface area contributed by atoms with Crippen molar-refractivity contribution in [2.75, 3.05) is 40.4 Å². The quantitative estimate of drug-likeness (QED) is 0.0448. The SMILES string of the molecule is CCCCCCC(CCCC)COC(=O)CCCCCCCCC(CCCCCCCCC(=O)OCC(CCCC)CCCC)N(CCCCN(C)C)C(=O)C(CC)CCCC. The number of carbonyl (C=O) groups is 3. The van der Waals surface area contributed by atoms with Crippen LogP contribution < -0.4 is 0 Å². The molecule has 62 heavy (non-hydrogen) atoms. The fourth-order valence-electron chi connectivity index (χ4n) is 9.07. The second-order valence-electron chi connectivity index (χ2n) is 19.6. The molecule has 0 aliphatic carbocycles. The molecule has 0 aromatic rings. The molecule has 1 amide bonds. The summed E-state index contributed by atoms with van der Waals surface area (Å²) in [5.41, 5.74) is 0. The number of rotatable bonds is 47. The normalized spacial score (nSPS) is 13.1. The van der Waals surface area contributed by atoms with Gasteiger partial charge in [0.2, 0.25) is 5.91 Å². The zero-order valence-corrected chi connectivity index (χ0v) is 43.0. The zero-order chi connectivity index (χ0) is 45.9. The number of unbranched alkanes of at least 4 members (excludes halogenated alkanes) is 18. The van der Waals surface area contributed by atoms with E-state index in [9.17, 15) is 14.4 Å². The van der Waals surface area contributed by atoms with Crippen LogP contribution in [0.25, 0.3) is 0 Å². The lowest BCUT2D eigenvalue weighted by atomic mass is 9.93.